The van der Waals surface area contributed by atoms with Crippen LogP contribution in [0.4, 0.5) is 0 Å². The highest BCUT2D eigenvalue weighted by Crippen LogP contribution is 2.28. The lowest BCUT2D eigenvalue weighted by molar-refractivity contribution is 0.292. The van der Waals surface area contributed by atoms with Crippen molar-refractivity contribution in [2.24, 2.45) is 0 Å². The summed E-state index contributed by atoms with van der Waals surface area (Å²) in [7, 11) is 0. The monoisotopic (exact) mass is 304 g/mol. The molecule has 0 aliphatic carbocycles. The molecule has 21 heavy (non-hydrogen) atoms. The topological polar surface area (TPSA) is 28.4 Å². The Morgan fingerprint density at radius 3 is 2.76 bits per heavy atom. The molecule has 0 bridgehead atoms. The third kappa shape index (κ3) is 3.62. The van der Waals surface area contributed by atoms with E-state index in [9.17, 15) is 0 Å². The number of nitrogens with one attached hydrogen (secondary N) is 1. The Kier molecular flexibility index (Phi) is 4.88. The van der Waals surface area contributed by atoms with E-state index < -0.39 is 0 Å². The van der Waals surface area contributed by atoms with E-state index in [2.05, 4.69) is 54.0 Å². The number of hydrogen-bond donors (Lipinski definition) is 1. The maximum Gasteiger partial charge on any atom is 0.134 e. The molecule has 0 spiro atoms. The van der Waals surface area contributed by atoms with Crippen molar-refractivity contribution >= 4 is 22.7 Å². The fourth-order valence-corrected chi connectivity index (χ4v) is 3.72. The van der Waals surface area contributed by atoms with Gasteiger partial charge in [-0.05, 0) is 6.07 Å². The van der Waals surface area contributed by atoms with Gasteiger partial charge in [0.25, 0.3) is 0 Å². The van der Waals surface area contributed by atoms with Gasteiger partial charge < -0.3 is 9.73 Å². The highest BCUT2D eigenvalue weighted by Gasteiger charge is 2.18. The van der Waals surface area contributed by atoms with Gasteiger partial charge in [0.1, 0.15) is 11.3 Å². The smallest absolute Gasteiger partial charge is 0.134 e. The Bertz CT molecular complexity index is 587. The Morgan fingerprint density at radius 1 is 1.24 bits per heavy atom. The van der Waals surface area contributed by atoms with Crippen molar-refractivity contribution < 1.29 is 4.42 Å². The van der Waals surface area contributed by atoms with Crippen LogP contribution in [0.1, 0.15) is 25.2 Å². The molecule has 1 aromatic heterocycles. The summed E-state index contributed by atoms with van der Waals surface area (Å²) in [5.41, 5.74) is 2.38. The van der Waals surface area contributed by atoms with Gasteiger partial charge in [-0.15, -0.1) is 0 Å². The van der Waals surface area contributed by atoms with Crippen molar-refractivity contribution in [3.63, 3.8) is 0 Å². The second-order valence-electron chi connectivity index (χ2n) is 5.92. The molecule has 3 rings (SSSR count). The van der Waals surface area contributed by atoms with Crippen molar-refractivity contribution in [2.75, 3.05) is 24.6 Å². The number of thioether (sulfide) groups is 1. The summed E-state index contributed by atoms with van der Waals surface area (Å²) in [5.74, 6) is 3.59. The first kappa shape index (κ1) is 14.9. The molecular weight excluding hydrogens is 280 g/mol. The molecular formula is C17H24N2OS. The maximum absolute atomic E-state index is 6.10. The molecule has 114 valence electrons. The Morgan fingerprint density at radius 2 is 2.00 bits per heavy atom. The van der Waals surface area contributed by atoms with Crippen LogP contribution in [0, 0.1) is 0 Å². The van der Waals surface area contributed by atoms with E-state index in [-0.39, 0.29) is 0 Å². The van der Waals surface area contributed by atoms with E-state index in [4.69, 9.17) is 4.42 Å². The quantitative estimate of drug-likeness (QED) is 0.915. The van der Waals surface area contributed by atoms with Crippen LogP contribution in [0.3, 0.4) is 0 Å². The van der Waals surface area contributed by atoms with Crippen LogP contribution in [0.15, 0.2) is 28.7 Å². The average Bonchev–Trinajstić information content (AvgIpc) is 2.84. The van der Waals surface area contributed by atoms with E-state index in [1.165, 1.54) is 35.5 Å². The molecule has 1 aliphatic heterocycles. The van der Waals surface area contributed by atoms with Crippen LogP contribution in [0.5, 0.6) is 0 Å². The first-order valence-electron chi connectivity index (χ1n) is 7.77. The molecule has 3 nitrogen and oxygen atoms in total. The van der Waals surface area contributed by atoms with E-state index >= 15 is 0 Å². The van der Waals surface area contributed by atoms with E-state index in [0.717, 1.165) is 24.4 Å². The average molecular weight is 304 g/mol. The second kappa shape index (κ2) is 6.86. The standard InChI is InChI=1S/C17H24N2OS/c1-13(2)18-11-17-15(12-19-7-9-21-10-8-19)14-5-3-4-6-16(14)20-17/h3-6,13,18H,7-12H2,1-2H3. The number of nitrogens with zero attached hydrogens (tertiary/aromatic N) is 1. The van der Waals surface area contributed by atoms with Gasteiger partial charge in [0, 0.05) is 48.1 Å². The minimum atomic E-state index is 0.470. The highest BCUT2D eigenvalue weighted by molar-refractivity contribution is 7.99. The number of benzene rings is 1. The summed E-state index contributed by atoms with van der Waals surface area (Å²) in [6.45, 7) is 8.52. The first-order chi connectivity index (χ1) is 10.2. The van der Waals surface area contributed by atoms with Gasteiger partial charge in [0.2, 0.25) is 0 Å². The fourth-order valence-electron chi connectivity index (χ4n) is 2.75. The molecule has 2 aromatic rings. The minimum absolute atomic E-state index is 0.470. The van der Waals surface area contributed by atoms with Gasteiger partial charge in [0.05, 0.1) is 6.54 Å². The third-order valence-corrected chi connectivity index (χ3v) is 4.88. The summed E-state index contributed by atoms with van der Waals surface area (Å²) in [4.78, 5) is 2.55. The first-order valence-corrected chi connectivity index (χ1v) is 8.92. The van der Waals surface area contributed by atoms with Crippen LogP contribution in [-0.2, 0) is 13.1 Å². The van der Waals surface area contributed by atoms with Crippen LogP contribution < -0.4 is 5.32 Å². The summed E-state index contributed by atoms with van der Waals surface area (Å²) in [6, 6.07) is 8.88. The summed E-state index contributed by atoms with van der Waals surface area (Å²) in [5, 5.41) is 4.76. The Hall–Kier alpha value is -0.970. The zero-order valence-electron chi connectivity index (χ0n) is 12.9. The zero-order chi connectivity index (χ0) is 14.7. The van der Waals surface area contributed by atoms with Crippen LogP contribution in [-0.4, -0.2) is 35.5 Å². The van der Waals surface area contributed by atoms with Crippen molar-refractivity contribution in [3.8, 4) is 0 Å². The Labute approximate surface area is 131 Å². The second-order valence-corrected chi connectivity index (χ2v) is 7.15. The van der Waals surface area contributed by atoms with Crippen molar-refractivity contribution in [2.45, 2.75) is 33.0 Å². The molecule has 0 radical (unpaired) electrons. The molecule has 1 aromatic carbocycles. The summed E-state index contributed by atoms with van der Waals surface area (Å²) >= 11 is 2.06. The van der Waals surface area contributed by atoms with Gasteiger partial charge in [-0.2, -0.15) is 11.8 Å². The molecule has 4 heteroatoms. The van der Waals surface area contributed by atoms with E-state index in [1.807, 2.05) is 6.07 Å². The van der Waals surface area contributed by atoms with Gasteiger partial charge in [-0.3, -0.25) is 4.90 Å². The van der Waals surface area contributed by atoms with E-state index in [0.29, 0.717) is 6.04 Å². The van der Waals surface area contributed by atoms with Crippen molar-refractivity contribution in [1.82, 2.24) is 10.2 Å². The molecule has 0 atom stereocenters. The van der Waals surface area contributed by atoms with Crippen LogP contribution in [0.25, 0.3) is 11.0 Å². The minimum Gasteiger partial charge on any atom is -0.459 e. The molecule has 0 saturated carbocycles. The summed E-state index contributed by atoms with van der Waals surface area (Å²) in [6.07, 6.45) is 0. The predicted octanol–water partition coefficient (Wildman–Crippen LogP) is 3.48. The predicted molar refractivity (Wildman–Crippen MR) is 90.8 cm³/mol. The SMILES string of the molecule is CC(C)NCc1oc2ccccc2c1CN1CCSCC1. The fraction of sp³-hybridized carbons (Fsp3) is 0.529. The lowest BCUT2D eigenvalue weighted by Crippen LogP contribution is -2.32. The number of fused-ring (bicyclic) bond motifs is 1. The maximum atomic E-state index is 6.10. The van der Waals surface area contributed by atoms with Gasteiger partial charge in [0.15, 0.2) is 0 Å². The van der Waals surface area contributed by atoms with Crippen LogP contribution >= 0.6 is 11.8 Å². The molecule has 1 N–H and O–H groups in total. The van der Waals surface area contributed by atoms with Gasteiger partial charge in [-0.25, -0.2) is 0 Å². The molecule has 1 aliphatic rings. The van der Waals surface area contributed by atoms with Gasteiger partial charge in [-0.1, -0.05) is 32.0 Å². The lowest BCUT2D eigenvalue weighted by atomic mass is 10.1. The number of furan rings is 1. The largest absolute Gasteiger partial charge is 0.459 e. The number of hydrogen-bond acceptors (Lipinski definition) is 4. The van der Waals surface area contributed by atoms with Gasteiger partial charge >= 0.3 is 0 Å². The molecule has 0 amide bonds. The number of para-hydroxylation sites is 1. The normalized spacial score (nSPS) is 16.9. The van der Waals surface area contributed by atoms with Crippen molar-refractivity contribution in [1.29, 1.82) is 0 Å². The zero-order valence-corrected chi connectivity index (χ0v) is 13.7. The molecule has 0 unspecified atom stereocenters. The molecule has 1 fully saturated rings. The molecule has 2 heterocycles. The Balaban J connectivity index is 1.87. The lowest BCUT2D eigenvalue weighted by Gasteiger charge is -2.26. The van der Waals surface area contributed by atoms with Crippen LogP contribution in [0.2, 0.25) is 0 Å². The van der Waals surface area contributed by atoms with E-state index in [1.54, 1.807) is 0 Å². The van der Waals surface area contributed by atoms with Crippen molar-refractivity contribution in [3.05, 3.63) is 35.6 Å². The summed E-state index contributed by atoms with van der Waals surface area (Å²) < 4.78 is 6.10. The highest BCUT2D eigenvalue weighted by atomic mass is 32.2. The molecule has 1 saturated heterocycles. The third-order valence-electron chi connectivity index (χ3n) is 3.94. The number of rotatable bonds is 5.